The van der Waals surface area contributed by atoms with E-state index in [-0.39, 0.29) is 41.9 Å². The van der Waals surface area contributed by atoms with Crippen molar-refractivity contribution < 1.29 is 22.5 Å². The molecule has 1 heterocycles. The van der Waals surface area contributed by atoms with E-state index in [2.05, 4.69) is 0 Å². The number of benzene rings is 2. The van der Waals surface area contributed by atoms with Crippen LogP contribution in [0.2, 0.25) is 5.02 Å². The minimum absolute atomic E-state index is 0.0682. The van der Waals surface area contributed by atoms with Crippen LogP contribution in [0.5, 0.6) is 0 Å². The molecule has 37 heavy (non-hydrogen) atoms. The van der Waals surface area contributed by atoms with Gasteiger partial charge in [0, 0.05) is 30.5 Å². The highest BCUT2D eigenvalue weighted by Crippen LogP contribution is 2.37. The standard InChI is InChI=1S/C26H30ClF2N3O3S2/c1-16(2)31(17(3)4)26(33)35-23(19-11-12-21(28)20(27)13-19)24-30-25(22(14-34-5)32(24)37-29)36-15-18-9-7-6-8-10-18/h6-13,16-17,23H,14-15H2,1-5H3. The number of rotatable bonds is 11. The van der Waals surface area contributed by atoms with Crippen molar-refractivity contribution >= 4 is 41.8 Å². The summed E-state index contributed by atoms with van der Waals surface area (Å²) in [7, 11) is 1.51. The van der Waals surface area contributed by atoms with Gasteiger partial charge in [0.2, 0.25) is 0 Å². The summed E-state index contributed by atoms with van der Waals surface area (Å²) in [5, 5.41) is 0.384. The number of methoxy groups -OCH3 is 1. The van der Waals surface area contributed by atoms with Gasteiger partial charge in [-0.25, -0.2) is 18.1 Å². The number of amides is 1. The second-order valence-electron chi connectivity index (χ2n) is 8.82. The normalized spacial score (nSPS) is 12.3. The van der Waals surface area contributed by atoms with E-state index in [0.717, 1.165) is 5.56 Å². The fourth-order valence-corrected chi connectivity index (χ4v) is 5.55. The molecule has 11 heteroatoms. The summed E-state index contributed by atoms with van der Waals surface area (Å²) in [5.41, 5.74) is 1.90. The summed E-state index contributed by atoms with van der Waals surface area (Å²) < 4.78 is 41.0. The number of carbonyl (C=O) groups is 1. The van der Waals surface area contributed by atoms with Crippen molar-refractivity contribution in [1.29, 1.82) is 0 Å². The molecule has 6 nitrogen and oxygen atoms in total. The second kappa shape index (κ2) is 13.5. The maximum absolute atomic E-state index is 14.5. The highest BCUT2D eigenvalue weighted by molar-refractivity contribution is 7.98. The highest BCUT2D eigenvalue weighted by Gasteiger charge is 2.32. The zero-order valence-corrected chi connectivity index (χ0v) is 23.7. The molecule has 0 N–H and O–H groups in total. The number of hydrogen-bond acceptors (Lipinski definition) is 6. The van der Waals surface area contributed by atoms with E-state index in [1.54, 1.807) is 4.90 Å². The van der Waals surface area contributed by atoms with E-state index in [1.165, 1.54) is 41.0 Å². The van der Waals surface area contributed by atoms with Gasteiger partial charge >= 0.3 is 6.09 Å². The maximum Gasteiger partial charge on any atom is 0.411 e. The van der Waals surface area contributed by atoms with E-state index in [4.69, 9.17) is 26.1 Å². The first-order valence-electron chi connectivity index (χ1n) is 11.7. The molecular formula is C26H30ClF2N3O3S2. The van der Waals surface area contributed by atoms with Crippen molar-refractivity contribution in [3.63, 3.8) is 0 Å². The molecule has 1 atom stereocenters. The van der Waals surface area contributed by atoms with Crippen LogP contribution in [-0.2, 0) is 21.8 Å². The molecule has 0 aliphatic carbocycles. The fraction of sp³-hybridized carbons (Fsp3) is 0.385. The monoisotopic (exact) mass is 569 g/mol. The minimum Gasteiger partial charge on any atom is -0.433 e. The first kappa shape index (κ1) is 29.3. The Labute approximate surface area is 230 Å². The van der Waals surface area contributed by atoms with Gasteiger partial charge < -0.3 is 14.4 Å². The van der Waals surface area contributed by atoms with Crippen molar-refractivity contribution in [2.24, 2.45) is 0 Å². The molecular weight excluding hydrogens is 540 g/mol. The Kier molecular flexibility index (Phi) is 10.7. The van der Waals surface area contributed by atoms with Gasteiger partial charge in [-0.15, -0.1) is 3.89 Å². The molecule has 0 bridgehead atoms. The predicted molar refractivity (Wildman–Crippen MR) is 145 cm³/mol. The number of ether oxygens (including phenoxy) is 2. The molecule has 0 saturated heterocycles. The first-order chi connectivity index (χ1) is 17.7. The molecule has 0 radical (unpaired) electrons. The molecule has 1 aromatic heterocycles. The fourth-order valence-electron chi connectivity index (χ4n) is 3.90. The van der Waals surface area contributed by atoms with Crippen LogP contribution in [0.3, 0.4) is 0 Å². The lowest BCUT2D eigenvalue weighted by atomic mass is 10.1. The smallest absolute Gasteiger partial charge is 0.411 e. The lowest BCUT2D eigenvalue weighted by molar-refractivity contribution is 0.0548. The molecule has 0 spiro atoms. The number of aromatic nitrogens is 2. The molecule has 2 aromatic carbocycles. The molecule has 0 aliphatic rings. The number of thioether (sulfide) groups is 1. The predicted octanol–water partition coefficient (Wildman–Crippen LogP) is 7.84. The van der Waals surface area contributed by atoms with Gasteiger partial charge in [0.15, 0.2) is 24.3 Å². The molecule has 1 unspecified atom stereocenters. The maximum atomic E-state index is 14.5. The van der Waals surface area contributed by atoms with Crippen LogP contribution in [-0.4, -0.2) is 39.1 Å². The van der Waals surface area contributed by atoms with E-state index >= 15 is 0 Å². The molecule has 1 amide bonds. The average Bonchev–Trinajstić information content (AvgIpc) is 3.20. The topological polar surface area (TPSA) is 56.6 Å². The van der Waals surface area contributed by atoms with Crippen LogP contribution in [0.15, 0.2) is 53.6 Å². The summed E-state index contributed by atoms with van der Waals surface area (Å²) in [5.74, 6) is 0.0918. The van der Waals surface area contributed by atoms with Gasteiger partial charge in [0.1, 0.15) is 10.8 Å². The number of nitrogens with zero attached hydrogens (tertiary/aromatic N) is 3. The number of hydrogen-bond donors (Lipinski definition) is 0. The molecule has 200 valence electrons. The summed E-state index contributed by atoms with van der Waals surface area (Å²) in [4.78, 5) is 19.6. The van der Waals surface area contributed by atoms with E-state index in [9.17, 15) is 13.1 Å². The first-order valence-corrected chi connectivity index (χ1v) is 13.7. The number of imidazole rings is 1. The molecule has 0 aliphatic heterocycles. The van der Waals surface area contributed by atoms with Crippen molar-refractivity contribution in [3.05, 3.63) is 82.0 Å². The van der Waals surface area contributed by atoms with Crippen LogP contribution in [0.4, 0.5) is 13.1 Å². The lowest BCUT2D eigenvalue weighted by Crippen LogP contribution is -2.43. The van der Waals surface area contributed by atoms with Gasteiger partial charge in [-0.2, -0.15) is 0 Å². The Morgan fingerprint density at radius 1 is 1.14 bits per heavy atom. The van der Waals surface area contributed by atoms with Crippen molar-refractivity contribution in [1.82, 2.24) is 13.9 Å². The summed E-state index contributed by atoms with van der Waals surface area (Å²) in [6, 6.07) is 13.5. The van der Waals surface area contributed by atoms with Crippen LogP contribution in [0, 0.1) is 5.82 Å². The molecule has 3 rings (SSSR count). The Morgan fingerprint density at radius 2 is 1.81 bits per heavy atom. The number of carbonyl (C=O) groups excluding carboxylic acids is 1. The Morgan fingerprint density at radius 3 is 2.38 bits per heavy atom. The Balaban J connectivity index is 2.09. The third kappa shape index (κ3) is 7.19. The van der Waals surface area contributed by atoms with Crippen LogP contribution in [0.25, 0.3) is 0 Å². The second-order valence-corrected chi connectivity index (χ2v) is 10.7. The average molecular weight is 570 g/mol. The quantitative estimate of drug-likeness (QED) is 0.219. The van der Waals surface area contributed by atoms with Gasteiger partial charge in [0.05, 0.1) is 17.3 Å². The van der Waals surface area contributed by atoms with Crippen molar-refractivity contribution in [2.75, 3.05) is 7.11 Å². The van der Waals surface area contributed by atoms with Gasteiger partial charge in [0.25, 0.3) is 0 Å². The highest BCUT2D eigenvalue weighted by atomic mass is 35.5. The van der Waals surface area contributed by atoms with E-state index < -0.39 is 18.0 Å². The van der Waals surface area contributed by atoms with Crippen molar-refractivity contribution in [2.45, 2.75) is 63.3 Å². The van der Waals surface area contributed by atoms with Gasteiger partial charge in [-0.05, 0) is 45.4 Å². The SMILES string of the molecule is COCc1c(SCc2ccccc2)nc(C(OC(=O)N(C(C)C)C(C)C)c2ccc(F)c(Cl)c2)n1SF. The lowest BCUT2D eigenvalue weighted by Gasteiger charge is -2.31. The van der Waals surface area contributed by atoms with E-state index in [0.29, 0.717) is 22.0 Å². The minimum atomic E-state index is -1.16. The van der Waals surface area contributed by atoms with Crippen LogP contribution < -0.4 is 0 Å². The van der Waals surface area contributed by atoms with Crippen molar-refractivity contribution in [3.8, 4) is 0 Å². The third-order valence-electron chi connectivity index (χ3n) is 5.51. The van der Waals surface area contributed by atoms with Gasteiger partial charge in [-0.3, -0.25) is 0 Å². The van der Waals surface area contributed by atoms with Crippen LogP contribution in [0.1, 0.15) is 56.4 Å². The van der Waals surface area contributed by atoms with Gasteiger partial charge in [-0.1, -0.05) is 59.8 Å². The Bertz CT molecular complexity index is 1190. The zero-order chi connectivity index (χ0) is 27.1. The van der Waals surface area contributed by atoms with E-state index in [1.807, 2.05) is 58.0 Å². The summed E-state index contributed by atoms with van der Waals surface area (Å²) in [6.45, 7) is 7.57. The molecule has 0 saturated carbocycles. The molecule has 0 fully saturated rings. The molecule has 3 aromatic rings. The largest absolute Gasteiger partial charge is 0.433 e. The summed E-state index contributed by atoms with van der Waals surface area (Å²) >= 11 is 7.41. The number of halogens is 3. The zero-order valence-electron chi connectivity index (χ0n) is 21.3. The van der Waals surface area contributed by atoms with Crippen LogP contribution >= 0.6 is 35.7 Å². The summed E-state index contributed by atoms with van der Waals surface area (Å²) in [6.07, 6.45) is -1.77. The Hall–Kier alpha value is -2.27. The third-order valence-corrected chi connectivity index (χ3v) is 7.42.